The van der Waals surface area contributed by atoms with Crippen molar-refractivity contribution in [2.75, 3.05) is 7.11 Å². The molecule has 0 aromatic carbocycles. The molecule has 0 saturated heterocycles. The van der Waals surface area contributed by atoms with Gasteiger partial charge in [-0.1, -0.05) is 0 Å². The number of rotatable bonds is 4. The first-order valence-corrected chi connectivity index (χ1v) is 7.52. The molecule has 1 saturated carbocycles. The van der Waals surface area contributed by atoms with Crippen LogP contribution in [-0.4, -0.2) is 27.3 Å². The minimum Gasteiger partial charge on any atom is -0.494 e. The third kappa shape index (κ3) is 3.62. The van der Waals surface area contributed by atoms with Gasteiger partial charge in [0, 0.05) is 23.4 Å². The van der Waals surface area contributed by atoms with Gasteiger partial charge in [0.2, 0.25) is 0 Å². The topological polar surface area (TPSA) is 51.6 Å². The highest BCUT2D eigenvalue weighted by molar-refractivity contribution is 7.85. The summed E-state index contributed by atoms with van der Waals surface area (Å²) in [5, 5.41) is 0. The summed E-state index contributed by atoms with van der Waals surface area (Å²) in [6, 6.07) is 1.99. The van der Waals surface area contributed by atoms with E-state index in [0.717, 1.165) is 11.3 Å². The molecule has 0 amide bonds. The molecule has 1 aliphatic rings. The van der Waals surface area contributed by atoms with E-state index < -0.39 is 11.0 Å². The Labute approximate surface area is 116 Å². The van der Waals surface area contributed by atoms with Gasteiger partial charge < -0.3 is 4.74 Å². The highest BCUT2D eigenvalue weighted by Gasteiger charge is 2.25. The summed E-state index contributed by atoms with van der Waals surface area (Å²) >= 11 is 0. The second-order valence-corrected chi connectivity index (χ2v) is 7.66. The van der Waals surface area contributed by atoms with Gasteiger partial charge in [-0.3, -0.25) is 4.98 Å². The first-order chi connectivity index (χ1) is 8.91. The van der Waals surface area contributed by atoms with Crippen LogP contribution < -0.4 is 4.74 Å². The Balaban J connectivity index is 2.24. The van der Waals surface area contributed by atoms with Gasteiger partial charge >= 0.3 is 0 Å². The van der Waals surface area contributed by atoms with Crippen molar-refractivity contribution in [1.82, 2.24) is 4.98 Å². The van der Waals surface area contributed by atoms with Crippen LogP contribution in [-0.2, 0) is 11.0 Å². The molecule has 1 aromatic rings. The van der Waals surface area contributed by atoms with Gasteiger partial charge in [-0.15, -0.1) is 0 Å². The monoisotopic (exact) mass is 280 g/mol. The van der Waals surface area contributed by atoms with Gasteiger partial charge in [-0.2, -0.15) is 4.40 Å². The highest BCUT2D eigenvalue weighted by atomic mass is 32.2. The predicted octanol–water partition coefficient (Wildman–Crippen LogP) is 2.85. The summed E-state index contributed by atoms with van der Waals surface area (Å²) in [6.07, 6.45) is 5.75. The van der Waals surface area contributed by atoms with Crippen molar-refractivity contribution in [1.29, 1.82) is 0 Å². The fourth-order valence-electron chi connectivity index (χ4n) is 1.61. The van der Waals surface area contributed by atoms with Crippen molar-refractivity contribution in [2.24, 2.45) is 4.40 Å². The van der Waals surface area contributed by atoms with E-state index in [1.165, 1.54) is 12.8 Å². The molecular formula is C14H20N2O2S. The molecule has 2 rings (SSSR count). The van der Waals surface area contributed by atoms with E-state index in [1.807, 2.05) is 26.8 Å². The number of hydrogen-bond acceptors (Lipinski definition) is 3. The fraction of sp³-hybridized carbons (Fsp3) is 0.571. The summed E-state index contributed by atoms with van der Waals surface area (Å²) < 4.78 is 21.0. The fourth-order valence-corrected chi connectivity index (χ4v) is 2.14. The molecule has 5 heteroatoms. The number of hydrogen-bond donors (Lipinski definition) is 0. The molecule has 0 aliphatic heterocycles. The largest absolute Gasteiger partial charge is 0.494 e. The zero-order valence-corrected chi connectivity index (χ0v) is 12.7. The molecule has 0 bridgehead atoms. The van der Waals surface area contributed by atoms with Crippen LogP contribution in [0.2, 0.25) is 0 Å². The van der Waals surface area contributed by atoms with E-state index in [9.17, 15) is 4.21 Å². The number of ether oxygens (including phenoxy) is 1. The number of nitrogens with zero attached hydrogens (tertiary/aromatic N) is 2. The summed E-state index contributed by atoms with van der Waals surface area (Å²) in [4.78, 5) is 4.39. The minimum absolute atomic E-state index is 0.351. The Hall–Kier alpha value is -1.23. The second kappa shape index (κ2) is 5.41. The van der Waals surface area contributed by atoms with E-state index >= 15 is 0 Å². The first kappa shape index (κ1) is 14.2. The quantitative estimate of drug-likeness (QED) is 0.797. The Morgan fingerprint density at radius 3 is 2.68 bits per heavy atom. The average molecular weight is 280 g/mol. The van der Waals surface area contributed by atoms with Crippen LogP contribution in [0.5, 0.6) is 5.75 Å². The predicted molar refractivity (Wildman–Crippen MR) is 78.3 cm³/mol. The number of aromatic nitrogens is 1. The van der Waals surface area contributed by atoms with E-state index in [1.54, 1.807) is 19.5 Å². The van der Waals surface area contributed by atoms with Crippen molar-refractivity contribution >= 4 is 17.2 Å². The van der Waals surface area contributed by atoms with E-state index in [4.69, 9.17) is 4.74 Å². The van der Waals surface area contributed by atoms with Crippen LogP contribution in [0.4, 0.5) is 0 Å². The van der Waals surface area contributed by atoms with Crippen LogP contribution in [0.1, 0.15) is 50.8 Å². The van der Waals surface area contributed by atoms with Crippen LogP contribution in [0, 0.1) is 0 Å². The molecule has 1 heterocycles. The van der Waals surface area contributed by atoms with Crippen molar-refractivity contribution < 1.29 is 8.95 Å². The molecule has 104 valence electrons. The zero-order valence-electron chi connectivity index (χ0n) is 11.8. The SMILES string of the molecule is COc1cnc(C2CC2)cc1C=NS(=O)C(C)(C)C. The maximum absolute atomic E-state index is 11.9. The molecule has 1 fully saturated rings. The van der Waals surface area contributed by atoms with Crippen LogP contribution in [0.25, 0.3) is 0 Å². The Bertz CT molecular complexity index is 517. The minimum atomic E-state index is -1.26. The van der Waals surface area contributed by atoms with Gasteiger partial charge in [0.1, 0.15) is 16.7 Å². The lowest BCUT2D eigenvalue weighted by Gasteiger charge is -2.13. The van der Waals surface area contributed by atoms with Gasteiger partial charge in [0.05, 0.1) is 18.1 Å². The third-order valence-corrected chi connectivity index (χ3v) is 4.29. The van der Waals surface area contributed by atoms with Crippen molar-refractivity contribution in [3.63, 3.8) is 0 Å². The summed E-state index contributed by atoms with van der Waals surface area (Å²) in [6.45, 7) is 5.71. The number of pyridine rings is 1. The molecule has 4 nitrogen and oxygen atoms in total. The van der Waals surface area contributed by atoms with Crippen LogP contribution in [0.3, 0.4) is 0 Å². The second-order valence-electron chi connectivity index (χ2n) is 5.72. The Morgan fingerprint density at radius 1 is 1.47 bits per heavy atom. The lowest BCUT2D eigenvalue weighted by molar-refractivity contribution is 0.412. The summed E-state index contributed by atoms with van der Waals surface area (Å²) in [5.74, 6) is 1.24. The maximum Gasteiger partial charge on any atom is 0.145 e. The molecule has 1 aromatic heterocycles. The van der Waals surface area contributed by atoms with Crippen LogP contribution >= 0.6 is 0 Å². The van der Waals surface area contributed by atoms with Crippen molar-refractivity contribution in [3.05, 3.63) is 23.5 Å². The van der Waals surface area contributed by atoms with Crippen LogP contribution in [0.15, 0.2) is 16.7 Å². The molecule has 0 radical (unpaired) electrons. The molecule has 1 atom stereocenters. The van der Waals surface area contributed by atoms with Crippen molar-refractivity contribution in [3.8, 4) is 5.75 Å². The molecule has 19 heavy (non-hydrogen) atoms. The maximum atomic E-state index is 11.9. The zero-order chi connectivity index (χ0) is 14.0. The summed E-state index contributed by atoms with van der Waals surface area (Å²) in [5.41, 5.74) is 1.92. The standard InChI is InChI=1S/C14H20N2O2S/c1-14(2,3)19(17)16-8-11-7-12(10-5-6-10)15-9-13(11)18-4/h7-10H,5-6H2,1-4H3. The third-order valence-electron chi connectivity index (χ3n) is 2.95. The lowest BCUT2D eigenvalue weighted by Crippen LogP contribution is -2.19. The highest BCUT2D eigenvalue weighted by Crippen LogP contribution is 2.39. The Morgan fingerprint density at radius 2 is 2.16 bits per heavy atom. The molecule has 0 spiro atoms. The van der Waals surface area contributed by atoms with E-state index in [0.29, 0.717) is 11.7 Å². The van der Waals surface area contributed by atoms with E-state index in [2.05, 4.69) is 9.38 Å². The normalized spacial score (nSPS) is 17.7. The van der Waals surface area contributed by atoms with Gasteiger partial charge in [-0.25, -0.2) is 4.21 Å². The van der Waals surface area contributed by atoms with Gasteiger partial charge in [0.25, 0.3) is 0 Å². The first-order valence-electron chi connectivity index (χ1n) is 6.42. The lowest BCUT2D eigenvalue weighted by atomic mass is 10.2. The molecule has 0 N–H and O–H groups in total. The van der Waals surface area contributed by atoms with E-state index in [-0.39, 0.29) is 4.75 Å². The van der Waals surface area contributed by atoms with Gasteiger partial charge in [0.15, 0.2) is 0 Å². The molecular weight excluding hydrogens is 260 g/mol. The smallest absolute Gasteiger partial charge is 0.145 e. The van der Waals surface area contributed by atoms with Crippen molar-refractivity contribution in [2.45, 2.75) is 44.3 Å². The number of methoxy groups -OCH3 is 1. The molecule has 1 unspecified atom stereocenters. The summed E-state index contributed by atoms with van der Waals surface area (Å²) in [7, 11) is 0.347. The Kier molecular flexibility index (Phi) is 4.04. The molecule has 1 aliphatic carbocycles. The average Bonchev–Trinajstić information content (AvgIpc) is 3.18. The van der Waals surface area contributed by atoms with Gasteiger partial charge in [-0.05, 0) is 39.7 Å².